The summed E-state index contributed by atoms with van der Waals surface area (Å²) in [4.78, 5) is 42.2. The Kier molecular flexibility index (Phi) is 12.9. The van der Waals surface area contributed by atoms with Gasteiger partial charge in [0.05, 0.1) is 7.05 Å². The monoisotopic (exact) mass is 914 g/mol. The standard InChI is InChI=1S/C54H55N7O5S/c1-52(2,3)66-51(64)56-53(4,5)36-48(62)55-46-33-29-38-35-43(67(7)65)32-34-47(38)61(6,50(46)63)42-30-27-37(28-31-42)44-25-17-18-26-45(44)49-57-58-59-60(49)54(39-19-11-8-12-20-39,40-21-13-9-14-22-40)41-23-15-10-16-24-41/h8-28,30-32,34-35,46H,29,33,36H2,1-7H3,(H-,55,56,62,64)/p+1. The summed E-state index contributed by atoms with van der Waals surface area (Å²) in [6.45, 7) is 8.78. The van der Waals surface area contributed by atoms with E-state index in [9.17, 15) is 13.8 Å². The second-order valence-electron chi connectivity index (χ2n) is 18.8. The fraction of sp³-hybridized carbons (Fsp3) is 0.259. The number of ether oxygens (including phenoxy) is 1. The van der Waals surface area contributed by atoms with E-state index in [0.29, 0.717) is 29.2 Å². The molecule has 0 saturated heterocycles. The van der Waals surface area contributed by atoms with Crippen LogP contribution in [0, 0.1) is 0 Å². The molecule has 0 aliphatic carbocycles. The van der Waals surface area contributed by atoms with Crippen LogP contribution in [-0.4, -0.2) is 72.8 Å². The van der Waals surface area contributed by atoms with Crippen LogP contribution < -0.4 is 15.1 Å². The zero-order valence-corrected chi connectivity index (χ0v) is 39.7. The molecule has 13 heteroatoms. The van der Waals surface area contributed by atoms with Gasteiger partial charge in [-0.05, 0) is 110 Å². The molecule has 1 aromatic heterocycles. The van der Waals surface area contributed by atoms with E-state index in [4.69, 9.17) is 15.0 Å². The predicted molar refractivity (Wildman–Crippen MR) is 263 cm³/mol. The number of hydrogen-bond acceptors (Lipinski definition) is 8. The van der Waals surface area contributed by atoms with Crippen molar-refractivity contribution in [2.75, 3.05) is 13.3 Å². The minimum atomic E-state index is -1.25. The number of fused-ring (bicyclic) bond motifs is 1. The molecule has 2 N–H and O–H groups in total. The summed E-state index contributed by atoms with van der Waals surface area (Å²) >= 11 is 0. The van der Waals surface area contributed by atoms with Crippen molar-refractivity contribution in [2.45, 2.75) is 81.5 Å². The number of hydrogen-bond donors (Lipinski definition) is 2. The first-order valence-corrected chi connectivity index (χ1v) is 23.9. The van der Waals surface area contributed by atoms with Crippen molar-refractivity contribution in [3.63, 3.8) is 0 Å². The van der Waals surface area contributed by atoms with Crippen LogP contribution in [0.1, 0.15) is 69.7 Å². The van der Waals surface area contributed by atoms with Gasteiger partial charge in [0.25, 0.3) is 0 Å². The molecule has 1 aliphatic heterocycles. The zero-order chi connectivity index (χ0) is 47.6. The van der Waals surface area contributed by atoms with Crippen molar-refractivity contribution in [1.82, 2.24) is 35.3 Å². The van der Waals surface area contributed by atoms with Gasteiger partial charge in [-0.3, -0.25) is 9.00 Å². The zero-order valence-electron chi connectivity index (χ0n) is 38.9. The smallest absolute Gasteiger partial charge is 0.408 e. The number of benzene rings is 6. The molecule has 0 bridgehead atoms. The van der Waals surface area contributed by atoms with Crippen LogP contribution in [0.3, 0.4) is 0 Å². The van der Waals surface area contributed by atoms with E-state index in [1.165, 1.54) is 0 Å². The van der Waals surface area contributed by atoms with Crippen molar-refractivity contribution in [2.24, 2.45) is 0 Å². The minimum absolute atomic E-state index is 0.0911. The third kappa shape index (κ3) is 9.34. The first-order chi connectivity index (χ1) is 32.0. The molecule has 3 amide bonds. The van der Waals surface area contributed by atoms with Gasteiger partial charge in [0.1, 0.15) is 28.6 Å². The number of rotatable bonds is 12. The van der Waals surface area contributed by atoms with Crippen LogP contribution in [-0.2, 0) is 37.1 Å². The number of amides is 3. The fourth-order valence-corrected chi connectivity index (χ4v) is 9.82. The Morgan fingerprint density at radius 2 is 1.31 bits per heavy atom. The number of nitrogens with zero attached hydrogens (tertiary/aromatic N) is 5. The molecule has 0 saturated carbocycles. The first-order valence-electron chi connectivity index (χ1n) is 22.4. The van der Waals surface area contributed by atoms with Crippen molar-refractivity contribution >= 4 is 40.1 Å². The normalized spacial score (nSPS) is 16.9. The van der Waals surface area contributed by atoms with Gasteiger partial charge in [-0.15, -0.1) is 5.10 Å². The number of likely N-dealkylation sites (N-methyl/N-ethyl adjacent to an activating group) is 1. The lowest BCUT2D eigenvalue weighted by Crippen LogP contribution is -2.57. The van der Waals surface area contributed by atoms with Gasteiger partial charge in [0, 0.05) is 63.2 Å². The average molecular weight is 915 g/mol. The number of carbonyl (C=O) groups is 3. The molecule has 0 spiro atoms. The maximum atomic E-state index is 15.1. The highest BCUT2D eigenvalue weighted by molar-refractivity contribution is 7.84. The Bertz CT molecular complexity index is 2840. The van der Waals surface area contributed by atoms with Crippen LogP contribution in [0.5, 0.6) is 0 Å². The molecule has 0 radical (unpaired) electrons. The van der Waals surface area contributed by atoms with Crippen molar-refractivity contribution in [3.05, 3.63) is 180 Å². The van der Waals surface area contributed by atoms with Gasteiger partial charge in [-0.25, -0.2) is 14.3 Å². The molecule has 67 heavy (non-hydrogen) atoms. The van der Waals surface area contributed by atoms with Crippen molar-refractivity contribution < 1.29 is 23.3 Å². The van der Waals surface area contributed by atoms with Gasteiger partial charge < -0.3 is 15.4 Å². The van der Waals surface area contributed by atoms with Crippen LogP contribution >= 0.6 is 0 Å². The first kappa shape index (κ1) is 46.4. The molecule has 12 nitrogen and oxygen atoms in total. The number of aromatic nitrogens is 4. The lowest BCUT2D eigenvalue weighted by molar-refractivity contribution is -0.133. The van der Waals surface area contributed by atoms with E-state index >= 15 is 4.79 Å². The maximum Gasteiger partial charge on any atom is 0.408 e. The van der Waals surface area contributed by atoms with Gasteiger partial charge in [-0.1, -0.05) is 115 Å². The largest absolute Gasteiger partial charge is 0.444 e. The lowest BCUT2D eigenvalue weighted by Gasteiger charge is -2.36. The van der Waals surface area contributed by atoms with E-state index in [0.717, 1.165) is 44.6 Å². The summed E-state index contributed by atoms with van der Waals surface area (Å²) in [5.74, 6) is -0.0711. The Morgan fingerprint density at radius 1 is 0.761 bits per heavy atom. The van der Waals surface area contributed by atoms with Crippen LogP contribution in [0.4, 0.5) is 16.2 Å². The van der Waals surface area contributed by atoms with E-state index in [-0.39, 0.29) is 16.8 Å². The number of tetrazole rings is 1. The Balaban J connectivity index is 1.18. The van der Waals surface area contributed by atoms with E-state index < -0.39 is 45.5 Å². The quantitative estimate of drug-likeness (QED) is 0.0912. The van der Waals surface area contributed by atoms with Gasteiger partial charge >= 0.3 is 12.0 Å². The van der Waals surface area contributed by atoms with E-state index in [2.05, 4.69) is 52.2 Å². The molecule has 6 aromatic carbocycles. The molecule has 342 valence electrons. The van der Waals surface area contributed by atoms with E-state index in [1.54, 1.807) is 46.9 Å². The maximum absolute atomic E-state index is 15.1. The number of aryl methyl sites for hydroxylation is 1. The molecule has 3 unspecified atom stereocenters. The number of nitrogens with one attached hydrogen (secondary N) is 2. The van der Waals surface area contributed by atoms with Gasteiger partial charge in [-0.2, -0.15) is 4.48 Å². The molecule has 0 fully saturated rings. The Hall–Kier alpha value is -7.09. The topological polar surface area (TPSA) is 145 Å². The molecule has 2 heterocycles. The number of alkyl carbamates (subject to hydrolysis) is 1. The number of quaternary nitrogens is 1. The summed E-state index contributed by atoms with van der Waals surface area (Å²) in [5.41, 5.74) is 5.12. The summed E-state index contributed by atoms with van der Waals surface area (Å²) in [5, 5.41) is 19.7. The van der Waals surface area contributed by atoms with Crippen LogP contribution in [0.25, 0.3) is 22.5 Å². The van der Waals surface area contributed by atoms with Crippen molar-refractivity contribution in [1.29, 1.82) is 0 Å². The minimum Gasteiger partial charge on any atom is -0.444 e. The van der Waals surface area contributed by atoms with Crippen LogP contribution in [0.2, 0.25) is 0 Å². The van der Waals surface area contributed by atoms with Gasteiger partial charge in [0.15, 0.2) is 5.82 Å². The summed E-state index contributed by atoms with van der Waals surface area (Å²) in [6, 6.07) is 51.4. The summed E-state index contributed by atoms with van der Waals surface area (Å²) in [6.07, 6.45) is 1.69. The molecular weight excluding hydrogens is 859 g/mol. The third-order valence-electron chi connectivity index (χ3n) is 12.3. The molecule has 1 aliphatic rings. The molecule has 8 rings (SSSR count). The Morgan fingerprint density at radius 3 is 1.87 bits per heavy atom. The van der Waals surface area contributed by atoms with Crippen molar-refractivity contribution in [3.8, 4) is 22.5 Å². The van der Waals surface area contributed by atoms with Crippen LogP contribution in [0.15, 0.2) is 163 Å². The second kappa shape index (κ2) is 18.7. The third-order valence-corrected chi connectivity index (χ3v) is 13.2. The Labute approximate surface area is 394 Å². The highest BCUT2D eigenvalue weighted by Crippen LogP contribution is 2.45. The molecule has 7 aromatic rings. The number of carbonyl (C=O) groups excluding carboxylic acids is 3. The highest BCUT2D eigenvalue weighted by Gasteiger charge is 2.47. The fourth-order valence-electron chi connectivity index (χ4n) is 9.26. The SMILES string of the molecule is CS(=O)c1ccc2c(c1)CCC(NC(=O)CC(C)(C)NC(=O)OC(C)(C)C)C(=O)[N+]2(C)c1ccc(-c2ccccc2-c2nnnn2C(c2ccccc2)(c2ccccc2)c2ccccc2)cc1. The average Bonchev–Trinajstić information content (AvgIpc) is 3.77. The second-order valence-corrected chi connectivity index (χ2v) is 20.1. The highest BCUT2D eigenvalue weighted by atomic mass is 32.2. The van der Waals surface area contributed by atoms with E-state index in [1.807, 2.05) is 127 Å². The van der Waals surface area contributed by atoms with Gasteiger partial charge in [0.2, 0.25) is 5.91 Å². The summed E-state index contributed by atoms with van der Waals surface area (Å²) < 4.78 is 19.8. The summed E-state index contributed by atoms with van der Waals surface area (Å²) in [7, 11) is 0.589. The lowest BCUT2D eigenvalue weighted by atomic mass is 9.77. The molecular formula is C54H56N7O5S+. The molecule has 3 atom stereocenters. The predicted octanol–water partition coefficient (Wildman–Crippen LogP) is 9.50.